The van der Waals surface area contributed by atoms with Crippen LogP contribution in [0.2, 0.25) is 0 Å². The first-order chi connectivity index (χ1) is 11.5. The molecule has 0 saturated carbocycles. The lowest BCUT2D eigenvalue weighted by molar-refractivity contribution is 0.0745. The Labute approximate surface area is 142 Å². The lowest BCUT2D eigenvalue weighted by Crippen LogP contribution is -2.51. The van der Waals surface area contributed by atoms with E-state index in [4.69, 9.17) is 4.42 Å². The molecule has 3 rings (SSSR count). The van der Waals surface area contributed by atoms with E-state index < -0.39 is 0 Å². The highest BCUT2D eigenvalue weighted by atomic mass is 16.4. The van der Waals surface area contributed by atoms with Crippen LogP contribution >= 0.6 is 0 Å². The topological polar surface area (TPSA) is 56.9 Å². The van der Waals surface area contributed by atoms with Crippen molar-refractivity contribution in [3.05, 3.63) is 45.3 Å². The second-order valence-electron chi connectivity index (χ2n) is 6.93. The van der Waals surface area contributed by atoms with Crippen LogP contribution in [0.25, 0.3) is 11.0 Å². The highest BCUT2D eigenvalue weighted by molar-refractivity contribution is 5.83. The number of fused-ring (bicyclic) bond motifs is 1. The normalized spacial score (nSPS) is 19.9. The van der Waals surface area contributed by atoms with Crippen molar-refractivity contribution in [2.24, 2.45) is 0 Å². The molecule has 0 radical (unpaired) electrons. The van der Waals surface area contributed by atoms with Crippen LogP contribution < -0.4 is 5.63 Å². The number of benzene rings is 1. The quantitative estimate of drug-likeness (QED) is 0.868. The summed E-state index contributed by atoms with van der Waals surface area (Å²) in [6.07, 6.45) is 0.781. The van der Waals surface area contributed by atoms with Crippen molar-refractivity contribution in [1.82, 2.24) is 9.80 Å². The van der Waals surface area contributed by atoms with Gasteiger partial charge < -0.3 is 14.4 Å². The number of piperazine rings is 1. The van der Waals surface area contributed by atoms with E-state index in [1.54, 1.807) is 6.07 Å². The van der Waals surface area contributed by atoms with Gasteiger partial charge >= 0.3 is 5.63 Å². The summed E-state index contributed by atoms with van der Waals surface area (Å²) < 4.78 is 5.44. The first-order valence-corrected chi connectivity index (χ1v) is 8.55. The third-order valence-electron chi connectivity index (χ3n) is 4.98. The zero-order valence-electron chi connectivity index (χ0n) is 14.7. The van der Waals surface area contributed by atoms with Crippen molar-refractivity contribution in [2.45, 2.75) is 32.9 Å². The third-order valence-corrected chi connectivity index (χ3v) is 4.98. The summed E-state index contributed by atoms with van der Waals surface area (Å²) in [6.45, 7) is 7.83. The zero-order valence-corrected chi connectivity index (χ0v) is 14.7. The average molecular weight is 330 g/mol. The van der Waals surface area contributed by atoms with Crippen molar-refractivity contribution in [3.8, 4) is 0 Å². The van der Waals surface area contributed by atoms with Crippen LogP contribution in [0.1, 0.15) is 23.1 Å². The van der Waals surface area contributed by atoms with E-state index in [-0.39, 0.29) is 12.2 Å². The van der Waals surface area contributed by atoms with E-state index in [1.165, 1.54) is 5.56 Å². The van der Waals surface area contributed by atoms with E-state index in [1.807, 2.05) is 13.0 Å². The number of nitrogens with zero attached hydrogens (tertiary/aromatic N) is 2. The summed E-state index contributed by atoms with van der Waals surface area (Å²) in [4.78, 5) is 16.6. The Hall–Kier alpha value is -1.69. The van der Waals surface area contributed by atoms with Gasteiger partial charge in [0.25, 0.3) is 0 Å². The molecule has 1 saturated heterocycles. The van der Waals surface area contributed by atoms with Crippen LogP contribution in [0, 0.1) is 13.8 Å². The molecule has 0 aliphatic carbocycles. The minimum Gasteiger partial charge on any atom is -0.422 e. The first-order valence-electron chi connectivity index (χ1n) is 8.55. The summed E-state index contributed by atoms with van der Waals surface area (Å²) in [5.41, 5.74) is 3.61. The monoisotopic (exact) mass is 330 g/mol. The molecule has 2 aromatic rings. The van der Waals surface area contributed by atoms with Crippen molar-refractivity contribution in [2.75, 3.05) is 33.3 Å². The second-order valence-corrected chi connectivity index (χ2v) is 6.93. The fourth-order valence-corrected chi connectivity index (χ4v) is 3.66. The maximum Gasteiger partial charge on any atom is 0.336 e. The predicted octanol–water partition coefficient (Wildman–Crippen LogP) is 1.91. The van der Waals surface area contributed by atoms with Crippen molar-refractivity contribution < 1.29 is 9.52 Å². The summed E-state index contributed by atoms with van der Waals surface area (Å²) >= 11 is 0. The van der Waals surface area contributed by atoms with E-state index in [2.05, 4.69) is 29.8 Å². The maximum atomic E-state index is 12.0. The molecule has 24 heavy (non-hydrogen) atoms. The predicted molar refractivity (Wildman–Crippen MR) is 95.4 cm³/mol. The highest BCUT2D eigenvalue weighted by Crippen LogP contribution is 2.24. The summed E-state index contributed by atoms with van der Waals surface area (Å²) in [5, 5.41) is 10.3. The molecule has 130 valence electrons. The van der Waals surface area contributed by atoms with Crippen LogP contribution in [0.5, 0.6) is 0 Å². The lowest BCUT2D eigenvalue weighted by atomic mass is 10.0. The molecule has 1 aliphatic heterocycles. The van der Waals surface area contributed by atoms with Gasteiger partial charge in [-0.15, -0.1) is 0 Å². The average Bonchev–Trinajstić information content (AvgIpc) is 2.52. The van der Waals surface area contributed by atoms with E-state index in [0.29, 0.717) is 11.6 Å². The summed E-state index contributed by atoms with van der Waals surface area (Å²) in [7, 11) is 2.11. The van der Waals surface area contributed by atoms with Gasteiger partial charge in [0.05, 0.1) is 0 Å². The molecule has 1 N–H and O–H groups in total. The third kappa shape index (κ3) is 3.53. The van der Waals surface area contributed by atoms with E-state index in [9.17, 15) is 9.90 Å². The Kier molecular flexibility index (Phi) is 5.04. The van der Waals surface area contributed by atoms with Crippen LogP contribution in [0.15, 0.2) is 27.4 Å². The molecule has 0 bridgehead atoms. The Morgan fingerprint density at radius 2 is 2.04 bits per heavy atom. The molecule has 0 amide bonds. The van der Waals surface area contributed by atoms with Gasteiger partial charge in [0.15, 0.2) is 0 Å². The second kappa shape index (κ2) is 7.05. The minimum atomic E-state index is -0.287. The smallest absolute Gasteiger partial charge is 0.336 e. The number of likely N-dealkylation sites (N-methyl/N-ethyl adjacent to an activating group) is 1. The fraction of sp³-hybridized carbons (Fsp3) is 0.526. The Morgan fingerprint density at radius 3 is 2.79 bits per heavy atom. The number of aryl methyl sites for hydroxylation is 2. The molecule has 1 fully saturated rings. The van der Waals surface area contributed by atoms with Crippen LogP contribution in [0.3, 0.4) is 0 Å². The number of aliphatic hydroxyl groups is 1. The van der Waals surface area contributed by atoms with E-state index in [0.717, 1.165) is 49.1 Å². The molecule has 1 atom stereocenters. The van der Waals surface area contributed by atoms with E-state index >= 15 is 0 Å². The molecule has 1 aromatic heterocycles. The molecule has 0 spiro atoms. The van der Waals surface area contributed by atoms with Crippen molar-refractivity contribution in [3.63, 3.8) is 0 Å². The first kappa shape index (κ1) is 17.1. The largest absolute Gasteiger partial charge is 0.422 e. The molecular formula is C19H26N2O3. The van der Waals surface area contributed by atoms with Crippen molar-refractivity contribution in [1.29, 1.82) is 0 Å². The van der Waals surface area contributed by atoms with Crippen LogP contribution in [0.4, 0.5) is 0 Å². The van der Waals surface area contributed by atoms with Gasteiger partial charge in [0.1, 0.15) is 5.58 Å². The molecule has 1 aliphatic rings. The van der Waals surface area contributed by atoms with Gasteiger partial charge in [0, 0.05) is 50.3 Å². The molecular weight excluding hydrogens is 304 g/mol. The fourth-order valence-electron chi connectivity index (χ4n) is 3.66. The SMILES string of the molecule is Cc1cc(C)c2oc(=O)cc(CN3CCN(C)C(CCO)C3)c2c1. The van der Waals surface area contributed by atoms with Gasteiger partial charge in [-0.05, 0) is 50.1 Å². The number of rotatable bonds is 4. The van der Waals surface area contributed by atoms with Gasteiger partial charge in [-0.2, -0.15) is 0 Å². The number of hydrogen-bond donors (Lipinski definition) is 1. The molecule has 1 unspecified atom stereocenters. The van der Waals surface area contributed by atoms with Gasteiger partial charge in [-0.25, -0.2) is 4.79 Å². The Bertz CT molecular complexity index is 784. The van der Waals surface area contributed by atoms with Gasteiger partial charge in [-0.3, -0.25) is 4.90 Å². The van der Waals surface area contributed by atoms with Crippen LogP contribution in [-0.2, 0) is 6.54 Å². The Morgan fingerprint density at radius 1 is 1.25 bits per heavy atom. The molecule has 1 aromatic carbocycles. The molecule has 5 nitrogen and oxygen atoms in total. The number of aliphatic hydroxyl groups excluding tert-OH is 1. The summed E-state index contributed by atoms with van der Waals surface area (Å²) in [5.74, 6) is 0. The maximum absolute atomic E-state index is 12.0. The number of hydrogen-bond acceptors (Lipinski definition) is 5. The molecule has 5 heteroatoms. The van der Waals surface area contributed by atoms with Gasteiger partial charge in [0.2, 0.25) is 0 Å². The Balaban J connectivity index is 1.91. The van der Waals surface area contributed by atoms with Crippen LogP contribution in [-0.4, -0.2) is 54.2 Å². The lowest BCUT2D eigenvalue weighted by Gasteiger charge is -2.39. The summed E-state index contributed by atoms with van der Waals surface area (Å²) in [6, 6.07) is 6.13. The minimum absolute atomic E-state index is 0.207. The zero-order chi connectivity index (χ0) is 17.3. The molecule has 2 heterocycles. The highest BCUT2D eigenvalue weighted by Gasteiger charge is 2.24. The van der Waals surface area contributed by atoms with Gasteiger partial charge in [-0.1, -0.05) is 6.07 Å². The van der Waals surface area contributed by atoms with Crippen molar-refractivity contribution >= 4 is 11.0 Å². The standard InChI is InChI=1S/C19H26N2O3/c1-13-8-14(2)19-17(9-13)15(10-18(23)24-19)11-21-6-5-20(3)16(12-21)4-7-22/h8-10,16,22H,4-7,11-12H2,1-3H3.